The number of amides is 6. The molecule has 4 fully saturated rings. The fourth-order valence-electron chi connectivity index (χ4n) is 9.12. The van der Waals surface area contributed by atoms with Crippen LogP contribution in [0.3, 0.4) is 0 Å². The van der Waals surface area contributed by atoms with Crippen LogP contribution in [0.5, 0.6) is 0 Å². The minimum atomic E-state index is -1.24. The number of rotatable bonds is 7. The molecule has 4 bridgehead atoms. The smallest absolute Gasteiger partial charge is 0.335 e. The number of carboxylic acids is 1. The summed E-state index contributed by atoms with van der Waals surface area (Å²) in [5, 5.41) is 15.0. The lowest BCUT2D eigenvalue weighted by molar-refractivity contribution is -0.124. The molecule has 2 saturated carbocycles. The monoisotopic (exact) mass is 682 g/mol. The molecule has 6 aliphatic rings. The highest BCUT2D eigenvalue weighted by Crippen LogP contribution is 2.54. The zero-order valence-corrected chi connectivity index (χ0v) is 26.9. The van der Waals surface area contributed by atoms with Gasteiger partial charge in [-0.1, -0.05) is 24.3 Å². The van der Waals surface area contributed by atoms with Crippen LogP contribution in [0.15, 0.2) is 91.0 Å². The fourth-order valence-corrected chi connectivity index (χ4v) is 9.12. The van der Waals surface area contributed by atoms with Crippen molar-refractivity contribution in [2.24, 2.45) is 47.3 Å². The molecule has 0 aromatic heterocycles. The molecule has 2 saturated heterocycles. The van der Waals surface area contributed by atoms with Gasteiger partial charge in [-0.05, 0) is 103 Å². The number of carbonyl (C=O) groups excluding carboxylic acids is 6. The molecule has 9 rings (SSSR count). The van der Waals surface area contributed by atoms with Gasteiger partial charge in [0.15, 0.2) is 0 Å². The van der Waals surface area contributed by atoms with E-state index >= 15 is 0 Å². The van der Waals surface area contributed by atoms with Gasteiger partial charge in [-0.2, -0.15) is 0 Å². The molecule has 3 N–H and O–H groups in total. The molecule has 254 valence electrons. The Kier molecular flexibility index (Phi) is 6.76. The predicted octanol–water partition coefficient (Wildman–Crippen LogP) is 4.51. The van der Waals surface area contributed by atoms with Crippen molar-refractivity contribution >= 4 is 64.2 Å². The number of allylic oxidation sites excluding steroid dienone is 4. The van der Waals surface area contributed by atoms with Gasteiger partial charge in [-0.25, -0.2) is 4.79 Å². The van der Waals surface area contributed by atoms with Crippen molar-refractivity contribution in [3.8, 4) is 0 Å². The highest BCUT2D eigenvalue weighted by atomic mass is 16.4. The standard InChI is InChI=1S/C39H30N4O8/c44-33(18-5-10-25(11-6-18)42-35(46)29-20-1-2-21(15-20)30(29)36(42)47)40-27-14-9-24(39(50)51)17-28(27)41-34(45)19-7-12-26(13-8-19)43-37(48)31-22-3-4-23(16-22)32(31)38(43)49/h1-14,17,20-23,29-32H,15-16H2,(H,40,44)(H,41,45)(H,50,51)/t20-,21-,22-,23+,29-,30+,31-,32-/m0/s1. The summed E-state index contributed by atoms with van der Waals surface area (Å²) >= 11 is 0. The number of fused-ring (bicyclic) bond motifs is 10. The molecule has 0 radical (unpaired) electrons. The normalized spacial score (nSPS) is 29.3. The molecular formula is C39H30N4O8. The van der Waals surface area contributed by atoms with Gasteiger partial charge in [-0.3, -0.25) is 38.6 Å². The Bertz CT molecular complexity index is 2110. The van der Waals surface area contributed by atoms with E-state index in [0.29, 0.717) is 11.4 Å². The third-order valence-corrected chi connectivity index (χ3v) is 11.5. The van der Waals surface area contributed by atoms with Crippen LogP contribution < -0.4 is 20.4 Å². The fraction of sp³-hybridized carbons (Fsp3) is 0.256. The molecule has 6 amide bonds. The van der Waals surface area contributed by atoms with E-state index in [9.17, 15) is 38.7 Å². The third kappa shape index (κ3) is 4.62. The van der Waals surface area contributed by atoms with E-state index in [2.05, 4.69) is 10.6 Å². The highest BCUT2D eigenvalue weighted by molar-refractivity contribution is 6.24. The Morgan fingerprint density at radius 2 is 0.863 bits per heavy atom. The van der Waals surface area contributed by atoms with Crippen molar-refractivity contribution in [1.82, 2.24) is 0 Å². The number of hydrogen-bond acceptors (Lipinski definition) is 7. The summed E-state index contributed by atoms with van der Waals surface area (Å²) in [4.78, 5) is 93.7. The average Bonchev–Trinajstić information content (AvgIpc) is 3.99. The molecule has 0 unspecified atom stereocenters. The zero-order chi connectivity index (χ0) is 35.3. The maximum atomic E-state index is 13.4. The SMILES string of the molecule is O=C(O)c1ccc(NC(=O)c2ccc(N3C(=O)[C@@H]4[C@H](C3=O)[C@H]3C=C[C@H]4C3)cc2)c(NC(=O)c2ccc(N3C(=O)[C@@H]4[C@@H](C3=O)[C@H]3C=C[C@@H]4C3)cc2)c1. The van der Waals surface area contributed by atoms with E-state index in [1.807, 2.05) is 24.3 Å². The Morgan fingerprint density at radius 3 is 1.24 bits per heavy atom. The Balaban J connectivity index is 0.904. The van der Waals surface area contributed by atoms with Crippen molar-refractivity contribution in [2.45, 2.75) is 12.8 Å². The second-order valence-electron chi connectivity index (χ2n) is 14.1. The first-order chi connectivity index (χ1) is 24.6. The topological polar surface area (TPSA) is 170 Å². The van der Waals surface area contributed by atoms with E-state index in [1.165, 1.54) is 76.5 Å². The molecule has 2 heterocycles. The van der Waals surface area contributed by atoms with Gasteiger partial charge in [0.2, 0.25) is 23.6 Å². The minimum absolute atomic E-state index is 0.0256. The lowest BCUT2D eigenvalue weighted by atomic mass is 9.85. The van der Waals surface area contributed by atoms with E-state index < -0.39 is 17.8 Å². The summed E-state index contributed by atoms with van der Waals surface area (Å²) in [5.41, 5.74) is 1.15. The van der Waals surface area contributed by atoms with Crippen molar-refractivity contribution < 1.29 is 38.7 Å². The Labute approximate surface area is 290 Å². The molecule has 4 aliphatic carbocycles. The average molecular weight is 683 g/mol. The molecule has 8 atom stereocenters. The van der Waals surface area contributed by atoms with Crippen LogP contribution in [0.2, 0.25) is 0 Å². The Morgan fingerprint density at radius 1 is 0.510 bits per heavy atom. The number of benzene rings is 3. The van der Waals surface area contributed by atoms with Gasteiger partial charge in [-0.15, -0.1) is 0 Å². The lowest BCUT2D eigenvalue weighted by Gasteiger charge is -2.18. The number of anilines is 4. The van der Waals surface area contributed by atoms with Crippen LogP contribution in [0.4, 0.5) is 22.7 Å². The molecule has 0 spiro atoms. The molecular weight excluding hydrogens is 652 g/mol. The van der Waals surface area contributed by atoms with Gasteiger partial charge >= 0.3 is 5.97 Å². The summed E-state index contributed by atoms with van der Waals surface area (Å²) in [5.74, 6) is -4.45. The molecule has 2 aliphatic heterocycles. The van der Waals surface area contributed by atoms with Gasteiger partial charge in [0.05, 0.1) is 52.0 Å². The molecule has 12 heteroatoms. The Hall–Kier alpha value is -6.17. The third-order valence-electron chi connectivity index (χ3n) is 11.5. The number of carboxylic acid groups (broad SMARTS) is 1. The second-order valence-corrected chi connectivity index (χ2v) is 14.1. The lowest BCUT2D eigenvalue weighted by Crippen LogP contribution is -2.32. The van der Waals surface area contributed by atoms with Crippen LogP contribution in [0.25, 0.3) is 0 Å². The number of imide groups is 2. The van der Waals surface area contributed by atoms with E-state index in [-0.39, 0.29) is 99.0 Å². The summed E-state index contributed by atoms with van der Waals surface area (Å²) in [6.45, 7) is 0. The second kappa shape index (κ2) is 11.2. The first-order valence-corrected chi connectivity index (χ1v) is 16.9. The van der Waals surface area contributed by atoms with Crippen LogP contribution in [-0.2, 0) is 19.2 Å². The highest BCUT2D eigenvalue weighted by Gasteiger charge is 2.60. The maximum Gasteiger partial charge on any atom is 0.335 e. The summed E-state index contributed by atoms with van der Waals surface area (Å²) in [6, 6.07) is 15.9. The van der Waals surface area contributed by atoms with Crippen LogP contribution in [0, 0.1) is 47.3 Å². The van der Waals surface area contributed by atoms with Crippen LogP contribution in [-0.4, -0.2) is 46.5 Å². The maximum absolute atomic E-state index is 13.4. The summed E-state index contributed by atoms with van der Waals surface area (Å²) in [6.07, 6.45) is 9.73. The van der Waals surface area contributed by atoms with Gasteiger partial charge in [0.1, 0.15) is 0 Å². The van der Waals surface area contributed by atoms with Gasteiger partial charge in [0.25, 0.3) is 11.8 Å². The van der Waals surface area contributed by atoms with Gasteiger partial charge < -0.3 is 15.7 Å². The van der Waals surface area contributed by atoms with Crippen LogP contribution >= 0.6 is 0 Å². The number of nitrogens with one attached hydrogen (secondary N) is 2. The van der Waals surface area contributed by atoms with Crippen molar-refractivity contribution in [3.05, 3.63) is 108 Å². The van der Waals surface area contributed by atoms with E-state index in [4.69, 9.17) is 0 Å². The molecule has 51 heavy (non-hydrogen) atoms. The summed E-state index contributed by atoms with van der Waals surface area (Å²) < 4.78 is 0. The van der Waals surface area contributed by atoms with Crippen molar-refractivity contribution in [1.29, 1.82) is 0 Å². The molecule has 3 aromatic rings. The predicted molar refractivity (Wildman–Crippen MR) is 183 cm³/mol. The quantitative estimate of drug-likeness (QED) is 0.241. The number of carbonyl (C=O) groups is 7. The van der Waals surface area contributed by atoms with Crippen molar-refractivity contribution in [2.75, 3.05) is 20.4 Å². The largest absolute Gasteiger partial charge is 0.478 e. The van der Waals surface area contributed by atoms with Gasteiger partial charge in [0, 0.05) is 11.1 Å². The number of nitrogens with zero attached hydrogens (tertiary/aromatic N) is 2. The number of aromatic carboxylic acids is 1. The summed E-state index contributed by atoms with van der Waals surface area (Å²) in [7, 11) is 0. The van der Waals surface area contributed by atoms with Crippen molar-refractivity contribution in [3.63, 3.8) is 0 Å². The van der Waals surface area contributed by atoms with Crippen LogP contribution in [0.1, 0.15) is 43.9 Å². The minimum Gasteiger partial charge on any atom is -0.478 e. The first kappa shape index (κ1) is 30.9. The number of hydrogen-bond donors (Lipinski definition) is 3. The van der Waals surface area contributed by atoms with E-state index in [1.54, 1.807) is 0 Å². The molecule has 12 nitrogen and oxygen atoms in total. The molecule has 3 aromatic carbocycles. The zero-order valence-electron chi connectivity index (χ0n) is 26.9. The first-order valence-electron chi connectivity index (χ1n) is 16.9. The van der Waals surface area contributed by atoms with E-state index in [0.717, 1.165) is 12.8 Å².